The third-order valence-electron chi connectivity index (χ3n) is 3.59. The van der Waals surface area contributed by atoms with Gasteiger partial charge in [0.2, 0.25) is 0 Å². The van der Waals surface area contributed by atoms with Crippen molar-refractivity contribution in [1.29, 1.82) is 0 Å². The van der Waals surface area contributed by atoms with Crippen LogP contribution in [0.3, 0.4) is 0 Å². The highest BCUT2D eigenvalue weighted by Gasteiger charge is 2.11. The summed E-state index contributed by atoms with van der Waals surface area (Å²) in [5, 5.41) is 3.71. The summed E-state index contributed by atoms with van der Waals surface area (Å²) in [5.74, 6) is -0.363. The summed E-state index contributed by atoms with van der Waals surface area (Å²) in [5.41, 5.74) is 2.07. The molecular formula is C17H22ClFN2. The largest absolute Gasteiger partial charge is 0.350 e. The van der Waals surface area contributed by atoms with Crippen LogP contribution < -0.4 is 5.32 Å². The number of benzene rings is 1. The molecule has 0 amide bonds. The van der Waals surface area contributed by atoms with Gasteiger partial charge in [0.15, 0.2) is 0 Å². The van der Waals surface area contributed by atoms with Crippen LogP contribution in [0.2, 0.25) is 5.02 Å². The van der Waals surface area contributed by atoms with Gasteiger partial charge in [0.05, 0.1) is 5.02 Å². The Bertz CT molecular complexity index is 574. The van der Waals surface area contributed by atoms with Gasteiger partial charge in [-0.15, -0.1) is 0 Å². The van der Waals surface area contributed by atoms with Crippen molar-refractivity contribution in [3.05, 3.63) is 58.6 Å². The molecule has 2 rings (SSSR count). The van der Waals surface area contributed by atoms with E-state index in [1.54, 1.807) is 6.07 Å². The molecule has 1 atom stereocenters. The van der Waals surface area contributed by atoms with Crippen molar-refractivity contribution in [2.24, 2.45) is 0 Å². The molecular weight excluding hydrogens is 287 g/mol. The van der Waals surface area contributed by atoms with Crippen LogP contribution in [0.25, 0.3) is 0 Å². The summed E-state index contributed by atoms with van der Waals surface area (Å²) in [7, 11) is 0. The molecule has 0 saturated heterocycles. The van der Waals surface area contributed by atoms with Crippen LogP contribution >= 0.6 is 11.6 Å². The van der Waals surface area contributed by atoms with E-state index < -0.39 is 0 Å². The van der Waals surface area contributed by atoms with Gasteiger partial charge in [0, 0.05) is 25.0 Å². The average Bonchev–Trinajstić information content (AvgIpc) is 2.92. The first-order chi connectivity index (χ1) is 10.2. The first-order valence-corrected chi connectivity index (χ1v) is 7.85. The maximum absolute atomic E-state index is 13.5. The third-order valence-corrected chi connectivity index (χ3v) is 4.01. The van der Waals surface area contributed by atoms with E-state index in [1.807, 2.05) is 12.3 Å². The molecule has 4 heteroatoms. The molecule has 1 unspecified atom stereocenters. The van der Waals surface area contributed by atoms with E-state index in [2.05, 4.69) is 36.0 Å². The van der Waals surface area contributed by atoms with E-state index in [9.17, 15) is 4.39 Å². The van der Waals surface area contributed by atoms with Crippen molar-refractivity contribution in [3.63, 3.8) is 0 Å². The zero-order chi connectivity index (χ0) is 15.2. The van der Waals surface area contributed by atoms with Gasteiger partial charge in [-0.25, -0.2) is 4.39 Å². The van der Waals surface area contributed by atoms with Crippen LogP contribution in [0.4, 0.5) is 4.39 Å². The lowest BCUT2D eigenvalue weighted by Crippen LogP contribution is -2.20. The summed E-state index contributed by atoms with van der Waals surface area (Å²) in [6, 6.07) is 7.44. The number of hydrogen-bond donors (Lipinski definition) is 1. The normalized spacial score (nSPS) is 12.6. The third kappa shape index (κ3) is 4.08. The van der Waals surface area contributed by atoms with Gasteiger partial charge in [-0.05, 0) is 36.2 Å². The number of hydrogen-bond acceptors (Lipinski definition) is 1. The van der Waals surface area contributed by atoms with E-state index in [4.69, 9.17) is 11.6 Å². The van der Waals surface area contributed by atoms with E-state index in [0.29, 0.717) is 12.6 Å². The topological polar surface area (TPSA) is 17.0 Å². The monoisotopic (exact) mass is 308 g/mol. The number of nitrogens with one attached hydrogen (secondary N) is 1. The Kier molecular flexibility index (Phi) is 5.83. The maximum atomic E-state index is 13.5. The van der Waals surface area contributed by atoms with E-state index >= 15 is 0 Å². The first kappa shape index (κ1) is 16.1. The van der Waals surface area contributed by atoms with Crippen molar-refractivity contribution in [2.45, 2.75) is 39.3 Å². The molecule has 1 heterocycles. The van der Waals surface area contributed by atoms with Gasteiger partial charge >= 0.3 is 0 Å². The number of halogens is 2. The molecule has 2 aromatic rings. The van der Waals surface area contributed by atoms with Gasteiger partial charge in [-0.1, -0.05) is 44.0 Å². The van der Waals surface area contributed by atoms with Crippen LogP contribution in [0.15, 0.2) is 36.7 Å². The lowest BCUT2D eigenvalue weighted by atomic mass is 10.1. The number of nitrogens with zero attached hydrogens (tertiary/aromatic N) is 1. The molecule has 0 aliphatic rings. The fourth-order valence-corrected chi connectivity index (χ4v) is 2.74. The highest BCUT2D eigenvalue weighted by Crippen LogP contribution is 2.23. The fraction of sp³-hybridized carbons (Fsp3) is 0.412. The molecule has 114 valence electrons. The maximum Gasteiger partial charge on any atom is 0.142 e. The van der Waals surface area contributed by atoms with Gasteiger partial charge in [-0.2, -0.15) is 0 Å². The summed E-state index contributed by atoms with van der Waals surface area (Å²) in [4.78, 5) is 0. The minimum absolute atomic E-state index is 0.213. The Labute approximate surface area is 130 Å². The second-order valence-electron chi connectivity index (χ2n) is 5.23. The molecule has 1 N–H and O–H groups in total. The molecule has 0 saturated carbocycles. The van der Waals surface area contributed by atoms with E-state index in [0.717, 1.165) is 24.9 Å². The highest BCUT2D eigenvalue weighted by atomic mass is 35.5. The second-order valence-corrected chi connectivity index (χ2v) is 5.61. The van der Waals surface area contributed by atoms with Crippen molar-refractivity contribution < 1.29 is 4.39 Å². The Morgan fingerprint density at radius 1 is 1.29 bits per heavy atom. The first-order valence-electron chi connectivity index (χ1n) is 7.47. The SMILES string of the molecule is CCCC(NCC)c1ccn(Cc2cccc(F)c2Cl)c1. The van der Waals surface area contributed by atoms with Crippen LogP contribution in [0.5, 0.6) is 0 Å². The second kappa shape index (κ2) is 7.62. The quantitative estimate of drug-likeness (QED) is 0.779. The fourth-order valence-electron chi connectivity index (χ4n) is 2.55. The molecule has 21 heavy (non-hydrogen) atoms. The summed E-state index contributed by atoms with van der Waals surface area (Å²) < 4.78 is 15.5. The van der Waals surface area contributed by atoms with Gasteiger partial charge in [0.25, 0.3) is 0 Å². The van der Waals surface area contributed by atoms with Gasteiger partial charge in [0.1, 0.15) is 5.82 Å². The van der Waals surface area contributed by atoms with E-state index in [1.165, 1.54) is 11.6 Å². The van der Waals surface area contributed by atoms with Crippen LogP contribution in [-0.4, -0.2) is 11.1 Å². The molecule has 0 bridgehead atoms. The van der Waals surface area contributed by atoms with Gasteiger partial charge in [-0.3, -0.25) is 0 Å². The smallest absolute Gasteiger partial charge is 0.142 e. The number of aromatic nitrogens is 1. The highest BCUT2D eigenvalue weighted by molar-refractivity contribution is 6.31. The zero-order valence-corrected chi connectivity index (χ0v) is 13.3. The molecule has 0 spiro atoms. The summed E-state index contributed by atoms with van der Waals surface area (Å²) in [6.07, 6.45) is 6.39. The Morgan fingerprint density at radius 2 is 2.10 bits per heavy atom. The van der Waals surface area contributed by atoms with Crippen LogP contribution in [0.1, 0.15) is 43.9 Å². The predicted octanol–water partition coefficient (Wildman–Crippen LogP) is 4.78. The molecule has 0 fully saturated rings. The van der Waals surface area contributed by atoms with Crippen molar-refractivity contribution in [3.8, 4) is 0 Å². The standard InChI is InChI=1S/C17H22ClFN2/c1-3-6-16(20-4-2)13-9-10-21(11-13)12-14-7-5-8-15(19)17(14)18/h5,7-11,16,20H,3-4,6,12H2,1-2H3. The van der Waals surface area contributed by atoms with Crippen molar-refractivity contribution in [2.75, 3.05) is 6.54 Å². The number of rotatable bonds is 7. The van der Waals surface area contributed by atoms with Crippen LogP contribution in [0, 0.1) is 5.82 Å². The Hall–Kier alpha value is -1.32. The minimum Gasteiger partial charge on any atom is -0.350 e. The van der Waals surface area contributed by atoms with Crippen molar-refractivity contribution >= 4 is 11.6 Å². The Morgan fingerprint density at radius 3 is 2.81 bits per heavy atom. The minimum atomic E-state index is -0.363. The summed E-state index contributed by atoms with van der Waals surface area (Å²) in [6.45, 7) is 5.84. The van der Waals surface area contributed by atoms with Gasteiger partial charge < -0.3 is 9.88 Å². The molecule has 2 nitrogen and oxygen atoms in total. The zero-order valence-electron chi connectivity index (χ0n) is 12.6. The average molecular weight is 309 g/mol. The molecule has 1 aromatic carbocycles. The van der Waals surface area contributed by atoms with Crippen LogP contribution in [-0.2, 0) is 6.54 Å². The van der Waals surface area contributed by atoms with E-state index in [-0.39, 0.29) is 10.8 Å². The molecule has 0 radical (unpaired) electrons. The lowest BCUT2D eigenvalue weighted by Gasteiger charge is -2.15. The Balaban J connectivity index is 2.14. The van der Waals surface area contributed by atoms with Crippen molar-refractivity contribution in [1.82, 2.24) is 9.88 Å². The summed E-state index contributed by atoms with van der Waals surface area (Å²) >= 11 is 6.01. The lowest BCUT2D eigenvalue weighted by molar-refractivity contribution is 0.508. The predicted molar refractivity (Wildman–Crippen MR) is 86.3 cm³/mol. The molecule has 0 aliphatic heterocycles. The molecule has 1 aromatic heterocycles. The molecule has 0 aliphatic carbocycles.